The van der Waals surface area contributed by atoms with Crippen molar-refractivity contribution in [3.05, 3.63) is 29.8 Å². The lowest BCUT2D eigenvalue weighted by atomic mass is 10.2. The van der Waals surface area contributed by atoms with Gasteiger partial charge in [-0.3, -0.25) is 0 Å². The zero-order valence-corrected chi connectivity index (χ0v) is 14.1. The molecule has 1 aromatic carbocycles. The summed E-state index contributed by atoms with van der Waals surface area (Å²) in [4.78, 5) is 0.377. The fraction of sp³-hybridized carbons (Fsp3) is 0.571. The lowest BCUT2D eigenvalue weighted by molar-refractivity contribution is 0.405. The number of hydrogen-bond acceptors (Lipinski definition) is 3. The Morgan fingerprint density at radius 1 is 1.20 bits per heavy atom. The number of sulfonamides is 1. The third-order valence-corrected chi connectivity index (χ3v) is 6.59. The number of halogens is 1. The van der Waals surface area contributed by atoms with Gasteiger partial charge in [0, 0.05) is 29.5 Å². The Morgan fingerprint density at radius 3 is 2.25 bits per heavy atom. The fourth-order valence-electron chi connectivity index (χ4n) is 2.41. The van der Waals surface area contributed by atoms with E-state index in [1.807, 2.05) is 23.9 Å². The minimum atomic E-state index is -3.37. The Kier molecular flexibility index (Phi) is 5.40. The zero-order chi connectivity index (χ0) is 14.8. The zero-order valence-electron chi connectivity index (χ0n) is 11.8. The molecular weight excluding hydrogens is 314 g/mol. The first-order valence-corrected chi connectivity index (χ1v) is 9.65. The van der Waals surface area contributed by atoms with E-state index >= 15 is 0 Å². The summed E-state index contributed by atoms with van der Waals surface area (Å²) in [5.41, 5.74) is 1.06. The minimum Gasteiger partial charge on any atom is -0.207 e. The van der Waals surface area contributed by atoms with Crippen molar-refractivity contribution >= 4 is 33.4 Å². The average molecular weight is 334 g/mol. The van der Waals surface area contributed by atoms with Crippen LogP contribution in [0.1, 0.15) is 19.4 Å². The van der Waals surface area contributed by atoms with Crippen molar-refractivity contribution < 1.29 is 8.42 Å². The van der Waals surface area contributed by atoms with Crippen LogP contribution in [0.4, 0.5) is 0 Å². The van der Waals surface area contributed by atoms with Crippen molar-refractivity contribution in [2.75, 3.05) is 19.0 Å². The summed E-state index contributed by atoms with van der Waals surface area (Å²) in [6.07, 6.45) is 0.760. The van der Waals surface area contributed by atoms with E-state index in [0.29, 0.717) is 34.4 Å². The molecule has 2 unspecified atom stereocenters. The number of benzene rings is 1. The first-order chi connectivity index (χ1) is 9.43. The van der Waals surface area contributed by atoms with Crippen LogP contribution in [-0.2, 0) is 16.4 Å². The highest BCUT2D eigenvalue weighted by molar-refractivity contribution is 8.00. The highest BCUT2D eigenvalue weighted by atomic mass is 35.5. The van der Waals surface area contributed by atoms with Gasteiger partial charge in [0.1, 0.15) is 0 Å². The molecule has 1 saturated heterocycles. The molecule has 1 aliphatic heterocycles. The van der Waals surface area contributed by atoms with Crippen LogP contribution in [0.15, 0.2) is 29.2 Å². The Morgan fingerprint density at radius 2 is 1.75 bits per heavy atom. The quantitative estimate of drug-likeness (QED) is 0.795. The Balaban J connectivity index is 2.21. The number of rotatable bonds is 4. The van der Waals surface area contributed by atoms with E-state index in [-0.39, 0.29) is 0 Å². The Bertz CT molecular complexity index is 535. The summed E-state index contributed by atoms with van der Waals surface area (Å²) >= 11 is 7.54. The van der Waals surface area contributed by atoms with Crippen molar-refractivity contribution in [1.82, 2.24) is 4.31 Å². The van der Waals surface area contributed by atoms with Crippen molar-refractivity contribution in [2.24, 2.45) is 0 Å². The van der Waals surface area contributed by atoms with Crippen molar-refractivity contribution in [3.63, 3.8) is 0 Å². The second kappa shape index (κ2) is 6.69. The molecule has 3 nitrogen and oxygen atoms in total. The molecule has 20 heavy (non-hydrogen) atoms. The first kappa shape index (κ1) is 16.1. The van der Waals surface area contributed by atoms with Crippen LogP contribution in [0.2, 0.25) is 0 Å². The molecule has 1 heterocycles. The number of alkyl halides is 1. The normalized spacial score (nSPS) is 24.8. The summed E-state index contributed by atoms with van der Waals surface area (Å²) in [7, 11) is -3.37. The van der Waals surface area contributed by atoms with Gasteiger partial charge < -0.3 is 0 Å². The van der Waals surface area contributed by atoms with Crippen LogP contribution in [0.5, 0.6) is 0 Å². The average Bonchev–Trinajstić information content (AvgIpc) is 2.38. The van der Waals surface area contributed by atoms with Crippen LogP contribution in [0.3, 0.4) is 0 Å². The largest absolute Gasteiger partial charge is 0.243 e. The summed E-state index contributed by atoms with van der Waals surface area (Å²) in [5.74, 6) is 0.546. The molecule has 0 N–H and O–H groups in total. The van der Waals surface area contributed by atoms with Gasteiger partial charge in [-0.2, -0.15) is 16.1 Å². The second-order valence-corrected chi connectivity index (χ2v) is 9.36. The van der Waals surface area contributed by atoms with E-state index < -0.39 is 10.0 Å². The molecule has 0 aromatic heterocycles. The molecule has 6 heteroatoms. The molecule has 0 aliphatic carbocycles. The minimum absolute atomic E-state index is 0.337. The number of nitrogens with zero attached hydrogens (tertiary/aromatic N) is 1. The summed E-state index contributed by atoms with van der Waals surface area (Å²) in [5, 5.41) is 0.674. The van der Waals surface area contributed by atoms with E-state index in [1.165, 1.54) is 0 Å². The van der Waals surface area contributed by atoms with Gasteiger partial charge in [-0.05, 0) is 24.1 Å². The third-order valence-electron chi connectivity index (χ3n) is 3.33. The maximum Gasteiger partial charge on any atom is 0.243 e. The molecule has 2 rings (SSSR count). The smallest absolute Gasteiger partial charge is 0.207 e. The van der Waals surface area contributed by atoms with Gasteiger partial charge in [-0.25, -0.2) is 8.42 Å². The molecule has 0 radical (unpaired) electrons. The van der Waals surface area contributed by atoms with Crippen LogP contribution in [-0.4, -0.2) is 42.2 Å². The molecular formula is C14H20ClNO2S2. The molecule has 0 saturated carbocycles. The van der Waals surface area contributed by atoms with Crippen molar-refractivity contribution in [3.8, 4) is 0 Å². The van der Waals surface area contributed by atoms with E-state index in [0.717, 1.165) is 12.0 Å². The van der Waals surface area contributed by atoms with E-state index in [1.54, 1.807) is 16.4 Å². The monoisotopic (exact) mass is 333 g/mol. The molecule has 0 amide bonds. The van der Waals surface area contributed by atoms with E-state index in [2.05, 4.69) is 13.8 Å². The lowest BCUT2D eigenvalue weighted by Gasteiger charge is -2.33. The predicted molar refractivity (Wildman–Crippen MR) is 86.1 cm³/mol. The van der Waals surface area contributed by atoms with E-state index in [4.69, 9.17) is 11.6 Å². The second-order valence-electron chi connectivity index (χ2n) is 5.16. The van der Waals surface area contributed by atoms with Crippen LogP contribution in [0, 0.1) is 0 Å². The topological polar surface area (TPSA) is 37.4 Å². The van der Waals surface area contributed by atoms with Gasteiger partial charge in [-0.15, -0.1) is 11.6 Å². The SMILES string of the molecule is CC1CN(S(=O)(=O)c2ccc(CCCl)cc2)CC(C)S1. The molecule has 112 valence electrons. The van der Waals surface area contributed by atoms with Crippen LogP contribution >= 0.6 is 23.4 Å². The Labute approximate surface area is 130 Å². The van der Waals surface area contributed by atoms with E-state index in [9.17, 15) is 8.42 Å². The van der Waals surface area contributed by atoms with Gasteiger partial charge in [0.15, 0.2) is 0 Å². The summed E-state index contributed by atoms with van der Waals surface area (Å²) < 4.78 is 26.9. The number of aryl methyl sites for hydroxylation is 1. The highest BCUT2D eigenvalue weighted by Crippen LogP contribution is 2.28. The summed E-state index contributed by atoms with van der Waals surface area (Å²) in [6, 6.07) is 7.07. The van der Waals surface area contributed by atoms with Gasteiger partial charge in [-0.1, -0.05) is 26.0 Å². The van der Waals surface area contributed by atoms with Gasteiger partial charge in [0.2, 0.25) is 10.0 Å². The fourth-order valence-corrected chi connectivity index (χ4v) is 5.76. The molecule has 0 bridgehead atoms. The van der Waals surface area contributed by atoms with Crippen molar-refractivity contribution in [2.45, 2.75) is 35.7 Å². The Hall–Kier alpha value is -0.230. The maximum atomic E-state index is 12.6. The molecule has 1 fully saturated rings. The molecule has 0 spiro atoms. The molecule has 2 atom stereocenters. The standard InChI is InChI=1S/C14H20ClNO2S2/c1-11-9-16(10-12(2)19-11)20(17,18)14-5-3-13(4-6-14)7-8-15/h3-6,11-12H,7-10H2,1-2H3. The van der Waals surface area contributed by atoms with Gasteiger partial charge >= 0.3 is 0 Å². The van der Waals surface area contributed by atoms with Gasteiger partial charge in [0.05, 0.1) is 4.90 Å². The highest BCUT2D eigenvalue weighted by Gasteiger charge is 2.31. The predicted octanol–water partition coefficient (Wildman–Crippen LogP) is 2.98. The maximum absolute atomic E-state index is 12.6. The number of hydrogen-bond donors (Lipinski definition) is 0. The van der Waals surface area contributed by atoms with Crippen LogP contribution < -0.4 is 0 Å². The first-order valence-electron chi connectivity index (χ1n) is 6.74. The number of thioether (sulfide) groups is 1. The summed E-state index contributed by atoms with van der Waals surface area (Å²) in [6.45, 7) is 5.32. The van der Waals surface area contributed by atoms with Crippen molar-refractivity contribution in [1.29, 1.82) is 0 Å². The van der Waals surface area contributed by atoms with Crippen LogP contribution in [0.25, 0.3) is 0 Å². The lowest BCUT2D eigenvalue weighted by Crippen LogP contribution is -2.43. The van der Waals surface area contributed by atoms with Gasteiger partial charge in [0.25, 0.3) is 0 Å². The molecule has 1 aliphatic rings. The third kappa shape index (κ3) is 3.70. The molecule has 1 aromatic rings.